The van der Waals surface area contributed by atoms with Crippen LogP contribution in [0, 0.1) is 0 Å². The molecule has 6 heteroatoms. The summed E-state index contributed by atoms with van der Waals surface area (Å²) in [6.45, 7) is 0. The van der Waals surface area contributed by atoms with Crippen LogP contribution in [0.5, 0.6) is 5.75 Å². The maximum absolute atomic E-state index is 12.4. The molecule has 3 N–H and O–H groups in total. The molecule has 0 aliphatic heterocycles. The number of carboxylic acids is 1. The lowest BCUT2D eigenvalue weighted by Crippen LogP contribution is -2.54. The van der Waals surface area contributed by atoms with E-state index in [0.717, 1.165) is 25.7 Å². The Balaban J connectivity index is 2.26. The summed E-state index contributed by atoms with van der Waals surface area (Å²) in [5.74, 6) is -1.73. The van der Waals surface area contributed by atoms with E-state index in [9.17, 15) is 19.8 Å². The van der Waals surface area contributed by atoms with Crippen LogP contribution in [0.25, 0.3) is 0 Å². The van der Waals surface area contributed by atoms with Crippen molar-refractivity contribution in [2.24, 2.45) is 0 Å². The fraction of sp³-hybridized carbons (Fsp3) is 0.467. The van der Waals surface area contributed by atoms with E-state index in [4.69, 9.17) is 0 Å². The van der Waals surface area contributed by atoms with E-state index in [2.05, 4.69) is 21.2 Å². The number of amides is 1. The number of nitrogens with one attached hydrogen (secondary N) is 1. The molecule has 0 atom stereocenters. The minimum absolute atomic E-state index is 0.0780. The Hall–Kier alpha value is -1.56. The van der Waals surface area contributed by atoms with Crippen LogP contribution < -0.4 is 5.32 Å². The van der Waals surface area contributed by atoms with E-state index in [1.54, 1.807) is 6.07 Å². The van der Waals surface area contributed by atoms with Gasteiger partial charge in [0.05, 0.1) is 5.56 Å². The first-order valence-electron chi connectivity index (χ1n) is 6.99. The largest absolute Gasteiger partial charge is 0.507 e. The third kappa shape index (κ3) is 3.56. The number of hydrogen-bond donors (Lipinski definition) is 3. The van der Waals surface area contributed by atoms with Gasteiger partial charge in [-0.2, -0.15) is 0 Å². The zero-order valence-corrected chi connectivity index (χ0v) is 13.1. The van der Waals surface area contributed by atoms with Crippen molar-refractivity contribution in [3.63, 3.8) is 0 Å². The molecule has 21 heavy (non-hydrogen) atoms. The summed E-state index contributed by atoms with van der Waals surface area (Å²) in [7, 11) is 0. The quantitative estimate of drug-likeness (QED) is 0.727. The fourth-order valence-corrected chi connectivity index (χ4v) is 3.06. The minimum atomic E-state index is -1.23. The van der Waals surface area contributed by atoms with Crippen molar-refractivity contribution in [2.45, 2.75) is 44.1 Å². The highest BCUT2D eigenvalue weighted by Crippen LogP contribution is 2.29. The van der Waals surface area contributed by atoms with Crippen molar-refractivity contribution in [2.75, 3.05) is 0 Å². The zero-order valence-electron chi connectivity index (χ0n) is 11.6. The zero-order chi connectivity index (χ0) is 15.5. The number of aromatic hydroxyl groups is 1. The molecule has 1 aromatic rings. The number of benzene rings is 1. The molecule has 0 spiro atoms. The van der Waals surface area contributed by atoms with Gasteiger partial charge in [0, 0.05) is 4.47 Å². The number of rotatable bonds is 3. The molecule has 114 valence electrons. The number of carboxylic acid groups (broad SMARTS) is 1. The van der Waals surface area contributed by atoms with Gasteiger partial charge in [0.2, 0.25) is 0 Å². The monoisotopic (exact) mass is 355 g/mol. The van der Waals surface area contributed by atoms with Crippen LogP contribution in [0.4, 0.5) is 0 Å². The number of phenols is 1. The molecule has 0 saturated heterocycles. The van der Waals surface area contributed by atoms with Gasteiger partial charge in [0.25, 0.3) is 5.91 Å². The summed E-state index contributed by atoms with van der Waals surface area (Å²) < 4.78 is 0.649. The molecule has 0 bridgehead atoms. The summed E-state index contributed by atoms with van der Waals surface area (Å²) >= 11 is 3.24. The highest BCUT2D eigenvalue weighted by atomic mass is 79.9. The second-order valence-electron chi connectivity index (χ2n) is 5.42. The van der Waals surface area contributed by atoms with Gasteiger partial charge >= 0.3 is 5.97 Å². The van der Waals surface area contributed by atoms with E-state index < -0.39 is 17.4 Å². The standard InChI is InChI=1S/C15H18BrNO4/c16-10-5-6-12(18)11(9-10)13(19)17-15(14(20)21)7-3-1-2-4-8-15/h5-6,9,18H,1-4,7-8H2,(H,17,19)(H,20,21). The van der Waals surface area contributed by atoms with Crippen molar-refractivity contribution < 1.29 is 19.8 Å². The van der Waals surface area contributed by atoms with Crippen LogP contribution in [0.2, 0.25) is 0 Å². The molecule has 0 aromatic heterocycles. The molecule has 0 heterocycles. The Morgan fingerprint density at radius 3 is 2.33 bits per heavy atom. The Morgan fingerprint density at radius 2 is 1.76 bits per heavy atom. The number of phenolic OH excluding ortho intramolecular Hbond substituents is 1. The summed E-state index contributed by atoms with van der Waals surface area (Å²) in [6.07, 6.45) is 4.35. The van der Waals surface area contributed by atoms with Gasteiger partial charge in [0.1, 0.15) is 11.3 Å². The lowest BCUT2D eigenvalue weighted by atomic mass is 9.89. The Bertz CT molecular complexity index is 551. The molecule has 0 radical (unpaired) electrons. The van der Waals surface area contributed by atoms with Gasteiger partial charge in [-0.05, 0) is 31.0 Å². The number of halogens is 1. The van der Waals surface area contributed by atoms with Crippen LogP contribution in [0.3, 0.4) is 0 Å². The first kappa shape index (κ1) is 15.8. The van der Waals surface area contributed by atoms with Gasteiger partial charge in [-0.3, -0.25) is 4.79 Å². The van der Waals surface area contributed by atoms with Crippen LogP contribution >= 0.6 is 15.9 Å². The van der Waals surface area contributed by atoms with Gasteiger partial charge in [-0.15, -0.1) is 0 Å². The Kier molecular flexibility index (Phi) is 4.88. The van der Waals surface area contributed by atoms with Gasteiger partial charge < -0.3 is 15.5 Å². The van der Waals surface area contributed by atoms with Crippen molar-refractivity contribution in [3.8, 4) is 5.75 Å². The van der Waals surface area contributed by atoms with Gasteiger partial charge in [-0.1, -0.05) is 41.6 Å². The first-order valence-corrected chi connectivity index (χ1v) is 7.78. The lowest BCUT2D eigenvalue weighted by molar-refractivity contribution is -0.145. The second kappa shape index (κ2) is 6.47. The van der Waals surface area contributed by atoms with Crippen LogP contribution in [-0.4, -0.2) is 27.6 Å². The molecular formula is C15H18BrNO4. The van der Waals surface area contributed by atoms with E-state index in [-0.39, 0.29) is 11.3 Å². The molecule has 5 nitrogen and oxygen atoms in total. The molecule has 1 aliphatic carbocycles. The van der Waals surface area contributed by atoms with Crippen molar-refractivity contribution >= 4 is 27.8 Å². The number of hydrogen-bond acceptors (Lipinski definition) is 3. The highest BCUT2D eigenvalue weighted by Gasteiger charge is 2.40. The van der Waals surface area contributed by atoms with E-state index in [0.29, 0.717) is 17.3 Å². The average molecular weight is 356 g/mol. The predicted octanol–water partition coefficient (Wildman–Crippen LogP) is 3.06. The van der Waals surface area contributed by atoms with E-state index >= 15 is 0 Å². The van der Waals surface area contributed by atoms with Crippen molar-refractivity contribution in [3.05, 3.63) is 28.2 Å². The van der Waals surface area contributed by atoms with Crippen molar-refractivity contribution in [1.82, 2.24) is 5.32 Å². The number of carbonyl (C=O) groups is 2. The SMILES string of the molecule is O=C(NC1(C(=O)O)CCCCCC1)c1cc(Br)ccc1O. The second-order valence-corrected chi connectivity index (χ2v) is 6.33. The molecule has 0 unspecified atom stereocenters. The molecule has 1 aromatic carbocycles. The number of carbonyl (C=O) groups excluding carboxylic acids is 1. The normalized spacial score (nSPS) is 17.8. The third-order valence-corrected chi connectivity index (χ3v) is 4.42. The highest BCUT2D eigenvalue weighted by molar-refractivity contribution is 9.10. The van der Waals surface area contributed by atoms with Crippen LogP contribution in [0.15, 0.2) is 22.7 Å². The number of aliphatic carboxylic acids is 1. The lowest BCUT2D eigenvalue weighted by Gasteiger charge is -2.29. The summed E-state index contributed by atoms with van der Waals surface area (Å²) in [4.78, 5) is 24.0. The minimum Gasteiger partial charge on any atom is -0.507 e. The summed E-state index contributed by atoms with van der Waals surface area (Å²) in [6, 6.07) is 4.50. The molecule has 1 saturated carbocycles. The van der Waals surface area contributed by atoms with Crippen LogP contribution in [-0.2, 0) is 4.79 Å². The average Bonchev–Trinajstić information content (AvgIpc) is 2.68. The fourth-order valence-electron chi connectivity index (χ4n) is 2.70. The van der Waals surface area contributed by atoms with Crippen LogP contribution in [0.1, 0.15) is 48.9 Å². The maximum Gasteiger partial charge on any atom is 0.329 e. The van der Waals surface area contributed by atoms with E-state index in [1.165, 1.54) is 12.1 Å². The topological polar surface area (TPSA) is 86.6 Å². The third-order valence-electron chi connectivity index (χ3n) is 3.92. The maximum atomic E-state index is 12.4. The molecular weight excluding hydrogens is 338 g/mol. The first-order chi connectivity index (χ1) is 9.94. The molecule has 1 amide bonds. The predicted molar refractivity (Wildman–Crippen MR) is 81.3 cm³/mol. The van der Waals surface area contributed by atoms with Gasteiger partial charge in [0.15, 0.2) is 0 Å². The summed E-state index contributed by atoms with van der Waals surface area (Å²) in [5, 5.41) is 22.0. The Morgan fingerprint density at radius 1 is 1.14 bits per heavy atom. The van der Waals surface area contributed by atoms with Gasteiger partial charge in [-0.25, -0.2) is 4.79 Å². The smallest absolute Gasteiger partial charge is 0.329 e. The Labute approximate surface area is 131 Å². The molecule has 1 fully saturated rings. The molecule has 2 rings (SSSR count). The van der Waals surface area contributed by atoms with Crippen molar-refractivity contribution in [1.29, 1.82) is 0 Å². The summed E-state index contributed by atoms with van der Waals surface area (Å²) in [5.41, 5.74) is -1.16. The van der Waals surface area contributed by atoms with E-state index in [1.807, 2.05) is 0 Å². The molecule has 1 aliphatic rings.